The van der Waals surface area contributed by atoms with Gasteiger partial charge in [-0.3, -0.25) is 9.59 Å². The number of hydrogen-bond acceptors (Lipinski definition) is 3. The van der Waals surface area contributed by atoms with Gasteiger partial charge in [0.2, 0.25) is 0 Å². The molecule has 0 radical (unpaired) electrons. The summed E-state index contributed by atoms with van der Waals surface area (Å²) in [5, 5.41) is 0.224. The topological polar surface area (TPSA) is 43.4 Å². The molecule has 0 amide bonds. The molecule has 7 aliphatic rings. The van der Waals surface area contributed by atoms with Crippen molar-refractivity contribution in [2.24, 2.45) is 45.3 Å². The summed E-state index contributed by atoms with van der Waals surface area (Å²) in [5.41, 5.74) is -0.528. The number of ketones is 2. The van der Waals surface area contributed by atoms with Crippen molar-refractivity contribution in [3.63, 3.8) is 0 Å². The lowest BCUT2D eigenvalue weighted by Crippen LogP contribution is -2.63. The largest absolute Gasteiger partial charge is 0.411 e. The Hall–Kier alpha value is -0.483. The number of fused-ring (bicyclic) bond motifs is 3. The molecular formula is C26H40O3Si. The highest BCUT2D eigenvalue weighted by molar-refractivity contribution is 6.74. The fourth-order valence-electron chi connectivity index (χ4n) is 9.67. The number of hydrogen-bond donors (Lipinski definition) is 0. The summed E-state index contributed by atoms with van der Waals surface area (Å²) in [7, 11) is -1.84. The van der Waals surface area contributed by atoms with Gasteiger partial charge in [0, 0.05) is 16.7 Å². The zero-order chi connectivity index (χ0) is 21.9. The Kier molecular flexibility index (Phi) is 3.28. The van der Waals surface area contributed by atoms with Crippen molar-refractivity contribution in [1.29, 1.82) is 0 Å². The SMILES string of the molecule is CC(C)(C)[Si](C)(C)O[C@@]12CC[C@@]3(C)[C@@H](CC[C@]45C(=O)C6[C@@H](C[C@@H]43)[C@]6(C)C5=O)[C@]1(C)C2. The molecule has 7 rings (SSSR count). The predicted molar refractivity (Wildman–Crippen MR) is 119 cm³/mol. The van der Waals surface area contributed by atoms with E-state index in [1.807, 2.05) is 0 Å². The first-order chi connectivity index (χ1) is 13.6. The van der Waals surface area contributed by atoms with Crippen LogP contribution in [0.4, 0.5) is 0 Å². The van der Waals surface area contributed by atoms with Crippen LogP contribution in [0, 0.1) is 45.3 Å². The van der Waals surface area contributed by atoms with E-state index < -0.39 is 13.7 Å². The third-order valence-corrected chi connectivity index (χ3v) is 17.0. The molecule has 166 valence electrons. The van der Waals surface area contributed by atoms with E-state index in [2.05, 4.69) is 54.6 Å². The van der Waals surface area contributed by atoms with Crippen molar-refractivity contribution < 1.29 is 14.0 Å². The van der Waals surface area contributed by atoms with Crippen LogP contribution in [-0.4, -0.2) is 25.5 Å². The van der Waals surface area contributed by atoms with E-state index in [0.717, 1.165) is 32.1 Å². The van der Waals surface area contributed by atoms with Gasteiger partial charge in [0.05, 0.1) is 11.0 Å². The van der Waals surface area contributed by atoms with Crippen LogP contribution in [0.15, 0.2) is 0 Å². The summed E-state index contributed by atoms with van der Waals surface area (Å²) in [6.07, 6.45) is 6.40. The van der Waals surface area contributed by atoms with Gasteiger partial charge < -0.3 is 4.43 Å². The van der Waals surface area contributed by atoms with Crippen LogP contribution in [-0.2, 0) is 14.0 Å². The minimum Gasteiger partial charge on any atom is -0.411 e. The molecule has 7 fully saturated rings. The first kappa shape index (κ1) is 20.1. The Morgan fingerprint density at radius 2 is 1.67 bits per heavy atom. The van der Waals surface area contributed by atoms with Crippen LogP contribution in [0.25, 0.3) is 0 Å². The van der Waals surface area contributed by atoms with E-state index in [4.69, 9.17) is 4.43 Å². The maximum Gasteiger partial charge on any atom is 0.192 e. The van der Waals surface area contributed by atoms with Crippen LogP contribution in [0.3, 0.4) is 0 Å². The van der Waals surface area contributed by atoms with E-state index >= 15 is 0 Å². The van der Waals surface area contributed by atoms with Gasteiger partial charge in [-0.05, 0) is 79.8 Å². The van der Waals surface area contributed by atoms with Crippen LogP contribution >= 0.6 is 0 Å². The molecule has 7 saturated carbocycles. The number of carbonyl (C=O) groups is 2. The van der Waals surface area contributed by atoms with Crippen LogP contribution in [0.2, 0.25) is 18.1 Å². The molecule has 0 aromatic rings. The van der Waals surface area contributed by atoms with Gasteiger partial charge in [-0.2, -0.15) is 0 Å². The molecule has 0 heterocycles. The molecule has 0 saturated heterocycles. The molecule has 3 nitrogen and oxygen atoms in total. The summed E-state index contributed by atoms with van der Waals surface area (Å²) >= 11 is 0. The van der Waals surface area contributed by atoms with E-state index in [1.165, 1.54) is 6.42 Å². The van der Waals surface area contributed by atoms with Crippen LogP contribution < -0.4 is 0 Å². The maximum atomic E-state index is 13.6. The second-order valence-electron chi connectivity index (χ2n) is 14.4. The number of carbonyl (C=O) groups excluding carboxylic acids is 2. The molecule has 0 aromatic carbocycles. The van der Waals surface area contributed by atoms with Crippen molar-refractivity contribution in [2.45, 2.75) is 104 Å². The highest BCUT2D eigenvalue weighted by Gasteiger charge is 2.89. The molecule has 7 aliphatic carbocycles. The first-order valence-corrected chi connectivity index (χ1v) is 15.3. The Balaban J connectivity index is 1.35. The Morgan fingerprint density at radius 3 is 2.23 bits per heavy atom. The second kappa shape index (κ2) is 4.88. The molecule has 4 bridgehead atoms. The van der Waals surface area contributed by atoms with Crippen LogP contribution in [0.1, 0.15) is 80.1 Å². The predicted octanol–water partition coefficient (Wildman–Crippen LogP) is 5.78. The average Bonchev–Trinajstić information content (AvgIpc) is 3.42. The Morgan fingerprint density at radius 1 is 1.00 bits per heavy atom. The lowest BCUT2D eigenvalue weighted by atomic mass is 9.41. The Labute approximate surface area is 183 Å². The summed E-state index contributed by atoms with van der Waals surface area (Å²) in [4.78, 5) is 27.1. The molecule has 0 aliphatic heterocycles. The lowest BCUT2D eigenvalue weighted by molar-refractivity contribution is -0.178. The van der Waals surface area contributed by atoms with E-state index in [1.54, 1.807) is 0 Å². The minimum absolute atomic E-state index is 0.0452. The summed E-state index contributed by atoms with van der Waals surface area (Å²) < 4.78 is 7.17. The van der Waals surface area contributed by atoms with Gasteiger partial charge >= 0.3 is 0 Å². The van der Waals surface area contributed by atoms with E-state index in [-0.39, 0.29) is 38.7 Å². The van der Waals surface area contributed by atoms with Gasteiger partial charge in [0.1, 0.15) is 0 Å². The zero-order valence-corrected chi connectivity index (χ0v) is 21.3. The van der Waals surface area contributed by atoms with E-state index in [9.17, 15) is 9.59 Å². The molecule has 30 heavy (non-hydrogen) atoms. The smallest absolute Gasteiger partial charge is 0.192 e. The van der Waals surface area contributed by atoms with Crippen molar-refractivity contribution in [1.82, 2.24) is 0 Å². The van der Waals surface area contributed by atoms with Crippen molar-refractivity contribution in [2.75, 3.05) is 0 Å². The van der Waals surface area contributed by atoms with Gasteiger partial charge in [-0.15, -0.1) is 0 Å². The molecule has 4 heteroatoms. The third kappa shape index (κ3) is 1.77. The first-order valence-electron chi connectivity index (χ1n) is 12.4. The fourth-order valence-corrected chi connectivity index (χ4v) is 11.4. The highest BCUT2D eigenvalue weighted by atomic mass is 28.4. The normalized spacial score (nSPS) is 58.1. The monoisotopic (exact) mass is 428 g/mol. The molecule has 9 atom stereocenters. The van der Waals surface area contributed by atoms with E-state index in [0.29, 0.717) is 23.4 Å². The van der Waals surface area contributed by atoms with Crippen molar-refractivity contribution >= 4 is 19.9 Å². The number of rotatable bonds is 2. The minimum atomic E-state index is -1.84. The summed E-state index contributed by atoms with van der Waals surface area (Å²) in [6.45, 7) is 18.8. The molecular weight excluding hydrogens is 388 g/mol. The highest BCUT2D eigenvalue weighted by Crippen LogP contribution is 2.85. The summed E-state index contributed by atoms with van der Waals surface area (Å²) in [5.74, 6) is 1.99. The van der Waals surface area contributed by atoms with Crippen molar-refractivity contribution in [3.05, 3.63) is 0 Å². The standard InChI is InChI=1S/C26H40O3Si/c1-21(2,3)30(7,8)29-25-12-11-22(4)16(23(25,5)14-25)9-10-26-17(22)13-15-18(19(26)27)24(15,6)20(26)28/h15-18H,9-14H2,1-8H3/t15-,16-,17-,18?,22+,23+,24+,25-,26-/m1/s1. The average molecular weight is 429 g/mol. The zero-order valence-electron chi connectivity index (χ0n) is 20.3. The van der Waals surface area contributed by atoms with Crippen LogP contribution in [0.5, 0.6) is 0 Å². The Bertz CT molecular complexity index is 902. The molecule has 0 N–H and O–H groups in total. The number of Topliss-reactive ketones (excluding diaryl/α,β-unsaturated/α-hetero) is 2. The quantitative estimate of drug-likeness (QED) is 0.414. The van der Waals surface area contributed by atoms with Gasteiger partial charge in [0.25, 0.3) is 0 Å². The third-order valence-electron chi connectivity index (χ3n) is 12.5. The van der Waals surface area contributed by atoms with Crippen molar-refractivity contribution in [3.8, 4) is 0 Å². The second-order valence-corrected chi connectivity index (χ2v) is 19.1. The maximum absolute atomic E-state index is 13.6. The molecule has 0 aromatic heterocycles. The molecule has 1 spiro atoms. The lowest BCUT2D eigenvalue weighted by Gasteiger charge is -2.62. The van der Waals surface area contributed by atoms with Gasteiger partial charge in [-0.1, -0.05) is 41.5 Å². The fraction of sp³-hybridized carbons (Fsp3) is 0.923. The van der Waals surface area contributed by atoms with Gasteiger partial charge in [0.15, 0.2) is 19.9 Å². The summed E-state index contributed by atoms with van der Waals surface area (Å²) in [6, 6.07) is 0. The van der Waals surface area contributed by atoms with Gasteiger partial charge in [-0.25, -0.2) is 0 Å². The molecule has 1 unspecified atom stereocenters.